The van der Waals surface area contributed by atoms with Crippen LogP contribution >= 0.6 is 0 Å². The number of nitrogens with zero attached hydrogens (tertiary/aromatic N) is 3. The van der Waals surface area contributed by atoms with E-state index in [1.165, 1.54) is 4.68 Å². The zero-order valence-corrected chi connectivity index (χ0v) is 12.4. The molecule has 1 fully saturated rings. The van der Waals surface area contributed by atoms with Crippen molar-refractivity contribution in [2.75, 3.05) is 44.7 Å². The molecule has 1 aromatic heterocycles. The van der Waals surface area contributed by atoms with E-state index in [1.54, 1.807) is 12.1 Å². The fourth-order valence-corrected chi connectivity index (χ4v) is 2.64. The summed E-state index contributed by atoms with van der Waals surface area (Å²) in [6, 6.07) is 7.74. The second-order valence-corrected chi connectivity index (χ2v) is 5.28. The Morgan fingerprint density at radius 1 is 1.45 bits per heavy atom. The molecule has 0 bridgehead atoms. The van der Waals surface area contributed by atoms with Crippen LogP contribution in [0.3, 0.4) is 0 Å². The van der Waals surface area contributed by atoms with Gasteiger partial charge in [-0.3, -0.25) is 4.90 Å². The fourth-order valence-electron chi connectivity index (χ4n) is 2.64. The Balaban J connectivity index is 1.60. The summed E-state index contributed by atoms with van der Waals surface area (Å²) in [5.74, 6) is 0.685. The van der Waals surface area contributed by atoms with Gasteiger partial charge in [0.25, 0.3) is 0 Å². The number of aromatic nitrogens is 2. The van der Waals surface area contributed by atoms with Crippen molar-refractivity contribution in [1.29, 1.82) is 0 Å². The smallest absolute Gasteiger partial charge is 0.340 e. The van der Waals surface area contributed by atoms with Gasteiger partial charge in [0.2, 0.25) is 0 Å². The summed E-state index contributed by atoms with van der Waals surface area (Å²) in [4.78, 5) is 13.8. The SMILES string of the molecule is NC(=O)n1nc(NCCCN2CCOCC2)c2cc[c]cc21. The lowest BCUT2D eigenvalue weighted by molar-refractivity contribution is 0.0378. The van der Waals surface area contributed by atoms with E-state index in [1.807, 2.05) is 6.07 Å². The summed E-state index contributed by atoms with van der Waals surface area (Å²) < 4.78 is 6.54. The highest BCUT2D eigenvalue weighted by atomic mass is 16.5. The van der Waals surface area contributed by atoms with E-state index in [-0.39, 0.29) is 0 Å². The van der Waals surface area contributed by atoms with Crippen LogP contribution in [-0.4, -0.2) is 60.1 Å². The molecule has 7 heteroatoms. The maximum Gasteiger partial charge on any atom is 0.340 e. The normalized spacial score (nSPS) is 16.0. The van der Waals surface area contributed by atoms with Crippen LogP contribution < -0.4 is 11.1 Å². The monoisotopic (exact) mass is 302 g/mol. The number of nitrogens with one attached hydrogen (secondary N) is 1. The zero-order valence-electron chi connectivity index (χ0n) is 12.4. The van der Waals surface area contributed by atoms with Gasteiger partial charge in [-0.25, -0.2) is 4.79 Å². The molecule has 3 rings (SSSR count). The second kappa shape index (κ2) is 6.76. The molecule has 2 aromatic rings. The molecule has 1 aliphatic rings. The van der Waals surface area contributed by atoms with E-state index in [4.69, 9.17) is 10.5 Å². The number of fused-ring (bicyclic) bond motifs is 1. The van der Waals surface area contributed by atoms with Gasteiger partial charge in [-0.15, -0.1) is 5.10 Å². The highest BCUT2D eigenvalue weighted by molar-refractivity contribution is 5.96. The van der Waals surface area contributed by atoms with Crippen LogP contribution in [0.4, 0.5) is 10.6 Å². The number of carbonyl (C=O) groups is 1. The quantitative estimate of drug-likeness (QED) is 0.802. The molecule has 1 aliphatic heterocycles. The molecule has 2 heterocycles. The Hall–Kier alpha value is -2.12. The Bertz CT molecular complexity index is 648. The molecule has 7 nitrogen and oxygen atoms in total. The first-order chi connectivity index (χ1) is 10.8. The van der Waals surface area contributed by atoms with E-state index in [0.29, 0.717) is 11.3 Å². The first-order valence-electron chi connectivity index (χ1n) is 7.48. The summed E-state index contributed by atoms with van der Waals surface area (Å²) >= 11 is 0. The largest absolute Gasteiger partial charge is 0.379 e. The molecular formula is C15H20N5O2. The molecule has 1 aromatic carbocycles. The van der Waals surface area contributed by atoms with E-state index in [9.17, 15) is 4.79 Å². The van der Waals surface area contributed by atoms with Gasteiger partial charge in [0.15, 0.2) is 5.82 Å². The third kappa shape index (κ3) is 3.20. The van der Waals surface area contributed by atoms with Crippen molar-refractivity contribution in [2.24, 2.45) is 5.73 Å². The Labute approximate surface area is 129 Å². The lowest BCUT2D eigenvalue weighted by Gasteiger charge is -2.26. The molecule has 0 unspecified atom stereocenters. The topological polar surface area (TPSA) is 85.4 Å². The number of benzene rings is 1. The average Bonchev–Trinajstić information content (AvgIpc) is 2.92. The second-order valence-electron chi connectivity index (χ2n) is 5.28. The number of hydrogen-bond donors (Lipinski definition) is 2. The van der Waals surface area contributed by atoms with Crippen LogP contribution in [0.15, 0.2) is 18.2 Å². The van der Waals surface area contributed by atoms with Gasteiger partial charge < -0.3 is 15.8 Å². The Kier molecular flexibility index (Phi) is 4.55. The highest BCUT2D eigenvalue weighted by Gasteiger charge is 2.13. The molecule has 1 radical (unpaired) electrons. The van der Waals surface area contributed by atoms with Crippen molar-refractivity contribution in [3.63, 3.8) is 0 Å². The minimum atomic E-state index is -0.592. The molecule has 3 N–H and O–H groups in total. The van der Waals surface area contributed by atoms with Gasteiger partial charge in [-0.05, 0) is 31.2 Å². The first kappa shape index (κ1) is 14.8. The van der Waals surface area contributed by atoms with E-state index >= 15 is 0 Å². The molecule has 1 amide bonds. The van der Waals surface area contributed by atoms with Gasteiger partial charge in [0.1, 0.15) is 0 Å². The predicted molar refractivity (Wildman–Crippen MR) is 83.9 cm³/mol. The van der Waals surface area contributed by atoms with Gasteiger partial charge >= 0.3 is 6.03 Å². The minimum Gasteiger partial charge on any atom is -0.379 e. The van der Waals surface area contributed by atoms with Crippen molar-refractivity contribution in [3.05, 3.63) is 24.3 Å². The van der Waals surface area contributed by atoms with Crippen LogP contribution in [0, 0.1) is 6.07 Å². The Morgan fingerprint density at radius 2 is 2.27 bits per heavy atom. The highest BCUT2D eigenvalue weighted by Crippen LogP contribution is 2.22. The Morgan fingerprint density at radius 3 is 3.05 bits per heavy atom. The van der Waals surface area contributed by atoms with Gasteiger partial charge in [-0.2, -0.15) is 4.68 Å². The lowest BCUT2D eigenvalue weighted by atomic mass is 10.2. The lowest BCUT2D eigenvalue weighted by Crippen LogP contribution is -2.37. The number of ether oxygens (including phenoxy) is 1. The number of anilines is 1. The number of nitrogens with two attached hydrogens (primary N) is 1. The number of rotatable bonds is 5. The van der Waals surface area contributed by atoms with Gasteiger partial charge in [0, 0.05) is 25.0 Å². The molecule has 22 heavy (non-hydrogen) atoms. The van der Waals surface area contributed by atoms with E-state index < -0.39 is 6.03 Å². The maximum atomic E-state index is 11.4. The van der Waals surface area contributed by atoms with Crippen LogP contribution in [0.2, 0.25) is 0 Å². The van der Waals surface area contributed by atoms with Crippen molar-refractivity contribution in [2.45, 2.75) is 6.42 Å². The van der Waals surface area contributed by atoms with Crippen molar-refractivity contribution < 1.29 is 9.53 Å². The number of morpholine rings is 1. The van der Waals surface area contributed by atoms with Crippen molar-refractivity contribution in [1.82, 2.24) is 14.7 Å². The summed E-state index contributed by atoms with van der Waals surface area (Å²) in [5.41, 5.74) is 6.02. The first-order valence-corrected chi connectivity index (χ1v) is 7.48. The van der Waals surface area contributed by atoms with Gasteiger partial charge in [-0.1, -0.05) is 6.07 Å². The summed E-state index contributed by atoms with van der Waals surface area (Å²) in [6.45, 7) is 5.44. The number of carbonyl (C=O) groups excluding carboxylic acids is 1. The number of hydrogen-bond acceptors (Lipinski definition) is 5. The molecule has 0 spiro atoms. The molecule has 0 aliphatic carbocycles. The third-order valence-electron chi connectivity index (χ3n) is 3.78. The van der Waals surface area contributed by atoms with Crippen LogP contribution in [-0.2, 0) is 4.74 Å². The summed E-state index contributed by atoms with van der Waals surface area (Å²) in [5, 5.41) is 8.42. The maximum absolute atomic E-state index is 11.4. The molecule has 117 valence electrons. The number of amides is 1. The van der Waals surface area contributed by atoms with E-state index in [2.05, 4.69) is 21.4 Å². The molecule has 1 saturated heterocycles. The number of primary amides is 1. The van der Waals surface area contributed by atoms with Crippen LogP contribution in [0.5, 0.6) is 0 Å². The predicted octanol–water partition coefficient (Wildman–Crippen LogP) is 0.897. The minimum absolute atomic E-state index is 0.592. The van der Waals surface area contributed by atoms with Crippen molar-refractivity contribution >= 4 is 22.8 Å². The zero-order chi connectivity index (χ0) is 15.4. The van der Waals surface area contributed by atoms with E-state index in [0.717, 1.165) is 51.2 Å². The van der Waals surface area contributed by atoms with Crippen molar-refractivity contribution in [3.8, 4) is 0 Å². The molecular weight excluding hydrogens is 282 g/mol. The van der Waals surface area contributed by atoms with Gasteiger partial charge in [0.05, 0.1) is 18.7 Å². The van der Waals surface area contributed by atoms with Crippen LogP contribution in [0.25, 0.3) is 10.9 Å². The third-order valence-corrected chi connectivity index (χ3v) is 3.78. The fraction of sp³-hybridized carbons (Fsp3) is 0.467. The summed E-state index contributed by atoms with van der Waals surface area (Å²) in [7, 11) is 0. The summed E-state index contributed by atoms with van der Waals surface area (Å²) in [6.07, 6.45) is 1.00. The standard InChI is InChI=1S/C15H20N5O2/c16-15(21)20-13-5-2-1-4-12(13)14(18-20)17-6-3-7-19-8-10-22-11-9-19/h1,4-5H,3,6-11H2,(H2,16,21)(H,17,18). The van der Waals surface area contributed by atoms with Crippen LogP contribution in [0.1, 0.15) is 6.42 Å². The average molecular weight is 302 g/mol. The molecule has 0 saturated carbocycles. The molecule has 0 atom stereocenters.